The average molecular weight is 340 g/mol. The quantitative estimate of drug-likeness (QED) is 0.459. The molecule has 0 heterocycles. The van der Waals surface area contributed by atoms with E-state index in [1.54, 1.807) is 0 Å². The van der Waals surface area contributed by atoms with Gasteiger partial charge in [-0.15, -0.1) is 0 Å². The molecule has 0 bridgehead atoms. The molecule has 0 aliphatic carbocycles. The molecule has 0 spiro atoms. The zero-order chi connectivity index (χ0) is 15.1. The van der Waals surface area contributed by atoms with Crippen molar-refractivity contribution >= 4 is 11.9 Å². The number of unbranched alkanes of at least 4 members (excludes halogenated alkanes) is 4. The van der Waals surface area contributed by atoms with Gasteiger partial charge >= 0.3 is 11.9 Å². The molecule has 0 aromatic heterocycles. The van der Waals surface area contributed by atoms with Crippen LogP contribution >= 0.6 is 0 Å². The van der Waals surface area contributed by atoms with Gasteiger partial charge in [0.1, 0.15) is 0 Å². The van der Waals surface area contributed by atoms with Crippen LogP contribution in [0.15, 0.2) is 0 Å². The molecule has 116 valence electrons. The van der Waals surface area contributed by atoms with Crippen molar-refractivity contribution in [2.75, 3.05) is 0 Å². The SMILES string of the molecule is CCCCC(CC)C(=O)O.CCCCCCC(=O)O.[Zn]. The topological polar surface area (TPSA) is 74.6 Å². The Morgan fingerprint density at radius 3 is 1.80 bits per heavy atom. The van der Waals surface area contributed by atoms with Crippen LogP contribution in [0.5, 0.6) is 0 Å². The largest absolute Gasteiger partial charge is 0.481 e. The van der Waals surface area contributed by atoms with Gasteiger partial charge in [0, 0.05) is 25.9 Å². The van der Waals surface area contributed by atoms with Gasteiger partial charge in [0.05, 0.1) is 5.92 Å². The van der Waals surface area contributed by atoms with E-state index in [9.17, 15) is 9.59 Å². The van der Waals surface area contributed by atoms with Gasteiger partial charge in [-0.25, -0.2) is 0 Å². The Balaban J connectivity index is -0.000000277. The molecular formula is C15H30O4Zn. The van der Waals surface area contributed by atoms with Crippen molar-refractivity contribution in [3.05, 3.63) is 0 Å². The van der Waals surface area contributed by atoms with E-state index in [1.165, 1.54) is 6.42 Å². The van der Waals surface area contributed by atoms with Crippen LogP contribution in [0.25, 0.3) is 0 Å². The van der Waals surface area contributed by atoms with Crippen LogP contribution in [0.3, 0.4) is 0 Å². The van der Waals surface area contributed by atoms with Crippen molar-refractivity contribution in [2.45, 2.75) is 78.6 Å². The monoisotopic (exact) mass is 338 g/mol. The molecule has 0 aliphatic heterocycles. The number of rotatable bonds is 10. The second-order valence-electron chi connectivity index (χ2n) is 4.79. The number of carboxylic acids is 2. The molecule has 1 unspecified atom stereocenters. The fourth-order valence-electron chi connectivity index (χ4n) is 1.66. The van der Waals surface area contributed by atoms with Crippen molar-refractivity contribution in [3.63, 3.8) is 0 Å². The number of carbonyl (C=O) groups is 2. The third-order valence-corrected chi connectivity index (χ3v) is 2.99. The summed E-state index contributed by atoms with van der Waals surface area (Å²) in [7, 11) is 0. The first-order valence-corrected chi connectivity index (χ1v) is 7.44. The summed E-state index contributed by atoms with van der Waals surface area (Å²) in [4.78, 5) is 20.4. The molecule has 2 N–H and O–H groups in total. The number of hydrogen-bond acceptors (Lipinski definition) is 2. The molecule has 5 heteroatoms. The van der Waals surface area contributed by atoms with Crippen LogP contribution in [0, 0.1) is 5.92 Å². The molecule has 1 atom stereocenters. The first kappa shape index (κ1) is 24.6. The molecule has 0 amide bonds. The van der Waals surface area contributed by atoms with Crippen LogP contribution in [-0.2, 0) is 29.1 Å². The van der Waals surface area contributed by atoms with Crippen molar-refractivity contribution in [3.8, 4) is 0 Å². The van der Waals surface area contributed by atoms with E-state index in [4.69, 9.17) is 10.2 Å². The summed E-state index contributed by atoms with van der Waals surface area (Å²) in [5, 5.41) is 16.8. The van der Waals surface area contributed by atoms with Gasteiger partial charge in [-0.05, 0) is 19.3 Å². The van der Waals surface area contributed by atoms with Gasteiger partial charge in [-0.2, -0.15) is 0 Å². The Morgan fingerprint density at radius 2 is 1.45 bits per heavy atom. The van der Waals surface area contributed by atoms with Crippen molar-refractivity contribution in [2.24, 2.45) is 5.92 Å². The maximum Gasteiger partial charge on any atom is 0.306 e. The second kappa shape index (κ2) is 18.6. The fraction of sp³-hybridized carbons (Fsp3) is 0.867. The summed E-state index contributed by atoms with van der Waals surface area (Å²) in [6, 6.07) is 0. The first-order valence-electron chi connectivity index (χ1n) is 7.44. The molecule has 0 fully saturated rings. The summed E-state index contributed by atoms with van der Waals surface area (Å²) in [5.41, 5.74) is 0. The molecule has 20 heavy (non-hydrogen) atoms. The van der Waals surface area contributed by atoms with Gasteiger partial charge < -0.3 is 10.2 Å². The fourth-order valence-corrected chi connectivity index (χ4v) is 1.66. The molecule has 0 saturated carbocycles. The Morgan fingerprint density at radius 1 is 0.900 bits per heavy atom. The van der Waals surface area contributed by atoms with E-state index in [1.807, 2.05) is 6.92 Å². The van der Waals surface area contributed by atoms with Gasteiger partial charge in [0.15, 0.2) is 0 Å². The predicted molar refractivity (Wildman–Crippen MR) is 77.3 cm³/mol. The van der Waals surface area contributed by atoms with Crippen molar-refractivity contribution in [1.29, 1.82) is 0 Å². The Bertz CT molecular complexity index is 232. The molecule has 0 aromatic carbocycles. The number of carboxylic acid groups (broad SMARTS) is 2. The van der Waals surface area contributed by atoms with Crippen LogP contribution in [-0.4, -0.2) is 22.2 Å². The first-order chi connectivity index (χ1) is 8.99. The third kappa shape index (κ3) is 19.9. The summed E-state index contributed by atoms with van der Waals surface area (Å²) < 4.78 is 0. The Labute approximate surface area is 136 Å². The minimum atomic E-state index is -0.675. The average Bonchev–Trinajstić information content (AvgIpc) is 2.36. The summed E-state index contributed by atoms with van der Waals surface area (Å²) in [6.07, 6.45) is 8.27. The van der Waals surface area contributed by atoms with Crippen LogP contribution in [0.2, 0.25) is 0 Å². The molecular weight excluding hydrogens is 310 g/mol. The smallest absolute Gasteiger partial charge is 0.306 e. The van der Waals surface area contributed by atoms with Crippen LogP contribution in [0.4, 0.5) is 0 Å². The van der Waals surface area contributed by atoms with E-state index in [0.717, 1.165) is 44.9 Å². The zero-order valence-electron chi connectivity index (χ0n) is 13.4. The normalized spacial score (nSPS) is 10.8. The standard InChI is InChI=1S/C8H16O2.C7H14O2.Zn/c1-3-5-6-7(4-2)8(9)10;1-2-3-4-5-6-7(8)9;/h7H,3-6H2,1-2H3,(H,9,10);2-6H2,1H3,(H,8,9);. The van der Waals surface area contributed by atoms with Gasteiger partial charge in [-0.1, -0.05) is 52.9 Å². The third-order valence-electron chi connectivity index (χ3n) is 2.99. The van der Waals surface area contributed by atoms with Crippen molar-refractivity contribution < 1.29 is 39.3 Å². The summed E-state index contributed by atoms with van der Waals surface area (Å²) in [5.74, 6) is -1.43. The van der Waals surface area contributed by atoms with E-state index >= 15 is 0 Å². The maximum atomic E-state index is 10.4. The van der Waals surface area contributed by atoms with Crippen LogP contribution < -0.4 is 0 Å². The summed E-state index contributed by atoms with van der Waals surface area (Å²) >= 11 is 0. The summed E-state index contributed by atoms with van der Waals surface area (Å²) in [6.45, 7) is 6.11. The Kier molecular flexibility index (Phi) is 22.8. The van der Waals surface area contributed by atoms with Crippen molar-refractivity contribution in [1.82, 2.24) is 0 Å². The molecule has 0 aliphatic rings. The van der Waals surface area contributed by atoms with Gasteiger partial charge in [0.2, 0.25) is 0 Å². The van der Waals surface area contributed by atoms with E-state index in [2.05, 4.69) is 13.8 Å². The van der Waals surface area contributed by atoms with E-state index in [-0.39, 0.29) is 25.4 Å². The second-order valence-corrected chi connectivity index (χ2v) is 4.79. The minimum Gasteiger partial charge on any atom is -0.481 e. The van der Waals surface area contributed by atoms with Gasteiger partial charge in [-0.3, -0.25) is 9.59 Å². The molecule has 0 rings (SSSR count). The van der Waals surface area contributed by atoms with Crippen LogP contribution in [0.1, 0.15) is 78.6 Å². The minimum absolute atomic E-state index is 0. The van der Waals surface area contributed by atoms with Gasteiger partial charge in [0.25, 0.3) is 0 Å². The Hall–Kier alpha value is -0.437. The van der Waals surface area contributed by atoms with E-state index < -0.39 is 11.9 Å². The maximum absolute atomic E-state index is 10.4. The van der Waals surface area contributed by atoms with E-state index in [0.29, 0.717) is 6.42 Å². The predicted octanol–water partition coefficient (Wildman–Crippen LogP) is 4.33. The molecule has 0 saturated heterocycles. The zero-order valence-corrected chi connectivity index (χ0v) is 16.3. The molecule has 4 nitrogen and oxygen atoms in total. The number of aliphatic carboxylic acids is 2. The number of hydrogen-bond donors (Lipinski definition) is 2. The molecule has 0 radical (unpaired) electrons. The molecule has 0 aromatic rings.